The van der Waals surface area contributed by atoms with Crippen LogP contribution in [-0.4, -0.2) is 24.7 Å². The molecule has 0 fully saturated rings. The number of aryl methyl sites for hydroxylation is 4. The molecule has 0 aliphatic rings. The van der Waals surface area contributed by atoms with Crippen molar-refractivity contribution in [3.8, 4) is 0 Å². The van der Waals surface area contributed by atoms with Crippen molar-refractivity contribution in [2.24, 2.45) is 7.05 Å². The smallest absolute Gasteiger partial charge is 0.103 e. The molecule has 2 aromatic heterocycles. The molecular formula is C13H20N4O. The zero-order chi connectivity index (χ0) is 13.3. The zero-order valence-corrected chi connectivity index (χ0v) is 11.4. The third kappa shape index (κ3) is 2.46. The van der Waals surface area contributed by atoms with Gasteiger partial charge in [-0.05, 0) is 32.9 Å². The maximum Gasteiger partial charge on any atom is 0.103 e. The van der Waals surface area contributed by atoms with Crippen molar-refractivity contribution in [1.29, 1.82) is 0 Å². The monoisotopic (exact) mass is 248 g/mol. The third-order valence-corrected chi connectivity index (χ3v) is 3.16. The van der Waals surface area contributed by atoms with E-state index in [4.69, 9.17) is 0 Å². The molecule has 1 unspecified atom stereocenters. The molecule has 0 spiro atoms. The number of aliphatic hydroxyl groups is 1. The molecule has 5 nitrogen and oxygen atoms in total. The fourth-order valence-electron chi connectivity index (χ4n) is 2.09. The highest BCUT2D eigenvalue weighted by Crippen LogP contribution is 2.18. The van der Waals surface area contributed by atoms with Crippen molar-refractivity contribution >= 4 is 0 Å². The Morgan fingerprint density at radius 2 is 2.00 bits per heavy atom. The van der Waals surface area contributed by atoms with Crippen molar-refractivity contribution < 1.29 is 5.11 Å². The second-order valence-corrected chi connectivity index (χ2v) is 4.65. The van der Waals surface area contributed by atoms with Crippen LogP contribution in [0.25, 0.3) is 0 Å². The lowest BCUT2D eigenvalue weighted by Crippen LogP contribution is -2.09. The molecule has 0 bridgehead atoms. The van der Waals surface area contributed by atoms with Gasteiger partial charge in [-0.25, -0.2) is 0 Å². The Morgan fingerprint density at radius 3 is 2.56 bits per heavy atom. The van der Waals surface area contributed by atoms with Crippen LogP contribution in [0, 0.1) is 13.8 Å². The minimum atomic E-state index is -0.578. The number of hydrogen-bond acceptors (Lipinski definition) is 3. The Bertz CT molecular complexity index is 522. The summed E-state index contributed by atoms with van der Waals surface area (Å²) >= 11 is 0. The first kappa shape index (κ1) is 12.8. The van der Waals surface area contributed by atoms with E-state index in [1.807, 2.05) is 44.6 Å². The van der Waals surface area contributed by atoms with Crippen LogP contribution in [0.15, 0.2) is 12.1 Å². The Balaban J connectivity index is 2.17. The molecule has 2 heterocycles. The van der Waals surface area contributed by atoms with E-state index >= 15 is 0 Å². The number of nitrogens with zero attached hydrogens (tertiary/aromatic N) is 4. The molecule has 1 atom stereocenters. The maximum absolute atomic E-state index is 10.2. The summed E-state index contributed by atoms with van der Waals surface area (Å²) in [6, 6.07) is 3.94. The Kier molecular flexibility index (Phi) is 3.52. The van der Waals surface area contributed by atoms with E-state index in [0.717, 1.165) is 29.3 Å². The number of rotatable bonds is 4. The van der Waals surface area contributed by atoms with Crippen molar-refractivity contribution in [3.63, 3.8) is 0 Å². The lowest BCUT2D eigenvalue weighted by atomic mass is 10.1. The average Bonchev–Trinajstić information content (AvgIpc) is 2.83. The first-order valence-electron chi connectivity index (χ1n) is 6.23. The van der Waals surface area contributed by atoms with Gasteiger partial charge in [-0.15, -0.1) is 0 Å². The number of hydrogen-bond donors (Lipinski definition) is 1. The Morgan fingerprint density at radius 1 is 1.28 bits per heavy atom. The lowest BCUT2D eigenvalue weighted by Gasteiger charge is -2.09. The fraction of sp³-hybridized carbons (Fsp3) is 0.538. The topological polar surface area (TPSA) is 55.9 Å². The molecule has 18 heavy (non-hydrogen) atoms. The highest BCUT2D eigenvalue weighted by atomic mass is 16.3. The van der Waals surface area contributed by atoms with Gasteiger partial charge in [0.2, 0.25) is 0 Å². The largest absolute Gasteiger partial charge is 0.386 e. The third-order valence-electron chi connectivity index (χ3n) is 3.16. The van der Waals surface area contributed by atoms with Gasteiger partial charge in [0.05, 0.1) is 11.4 Å². The molecule has 1 N–H and O–H groups in total. The molecule has 0 aliphatic heterocycles. The quantitative estimate of drug-likeness (QED) is 0.892. The predicted molar refractivity (Wildman–Crippen MR) is 69.2 cm³/mol. The summed E-state index contributed by atoms with van der Waals surface area (Å²) in [5.41, 5.74) is 3.79. The van der Waals surface area contributed by atoms with E-state index in [9.17, 15) is 5.11 Å². The van der Waals surface area contributed by atoms with E-state index in [1.54, 1.807) is 4.68 Å². The molecule has 2 rings (SSSR count). The normalized spacial score (nSPS) is 12.9. The van der Waals surface area contributed by atoms with E-state index in [1.165, 1.54) is 0 Å². The fourth-order valence-corrected chi connectivity index (χ4v) is 2.09. The van der Waals surface area contributed by atoms with Gasteiger partial charge in [-0.2, -0.15) is 10.2 Å². The first-order valence-corrected chi connectivity index (χ1v) is 6.23. The van der Waals surface area contributed by atoms with Gasteiger partial charge < -0.3 is 5.11 Å². The van der Waals surface area contributed by atoms with Crippen molar-refractivity contribution in [3.05, 3.63) is 34.9 Å². The van der Waals surface area contributed by atoms with Crippen LogP contribution < -0.4 is 0 Å². The van der Waals surface area contributed by atoms with Crippen LogP contribution in [-0.2, 0) is 20.0 Å². The Hall–Kier alpha value is -1.62. The number of aromatic nitrogens is 4. The summed E-state index contributed by atoms with van der Waals surface area (Å²) in [7, 11) is 1.88. The van der Waals surface area contributed by atoms with Crippen molar-refractivity contribution in [1.82, 2.24) is 19.6 Å². The van der Waals surface area contributed by atoms with E-state index in [2.05, 4.69) is 10.2 Å². The molecule has 98 valence electrons. The van der Waals surface area contributed by atoms with Gasteiger partial charge in [-0.1, -0.05) is 0 Å². The second kappa shape index (κ2) is 4.94. The van der Waals surface area contributed by atoms with Gasteiger partial charge in [0, 0.05) is 31.4 Å². The van der Waals surface area contributed by atoms with Crippen molar-refractivity contribution in [2.75, 3.05) is 0 Å². The minimum absolute atomic E-state index is 0.547. The van der Waals surface area contributed by atoms with Gasteiger partial charge in [-0.3, -0.25) is 9.36 Å². The minimum Gasteiger partial charge on any atom is -0.386 e. The second-order valence-electron chi connectivity index (χ2n) is 4.65. The summed E-state index contributed by atoms with van der Waals surface area (Å²) in [5, 5.41) is 18.9. The zero-order valence-electron chi connectivity index (χ0n) is 11.4. The van der Waals surface area contributed by atoms with Gasteiger partial charge in [0.25, 0.3) is 0 Å². The molecule has 5 heteroatoms. The summed E-state index contributed by atoms with van der Waals surface area (Å²) < 4.78 is 3.70. The standard InChI is InChI=1S/C13H20N4O/c1-5-17-11(6-9(2)14-17)8-13(18)12-7-10(3)16(4)15-12/h6-7,13,18H,5,8H2,1-4H3. The number of aliphatic hydroxyl groups excluding tert-OH is 1. The van der Waals surface area contributed by atoms with Crippen LogP contribution in [0.4, 0.5) is 0 Å². The summed E-state index contributed by atoms with van der Waals surface area (Å²) in [6.45, 7) is 6.81. The highest BCUT2D eigenvalue weighted by molar-refractivity contribution is 5.16. The van der Waals surface area contributed by atoms with Crippen LogP contribution in [0.5, 0.6) is 0 Å². The van der Waals surface area contributed by atoms with Gasteiger partial charge in [0.1, 0.15) is 6.10 Å². The first-order chi connectivity index (χ1) is 8.51. The van der Waals surface area contributed by atoms with Crippen LogP contribution >= 0.6 is 0 Å². The Labute approximate surface area is 107 Å². The molecule has 0 aliphatic carbocycles. The molecule has 0 aromatic carbocycles. The maximum atomic E-state index is 10.2. The SMILES string of the molecule is CCn1nc(C)cc1CC(O)c1cc(C)n(C)n1. The summed E-state index contributed by atoms with van der Waals surface area (Å²) in [6.07, 6.45) is -0.0307. The molecule has 2 aromatic rings. The van der Waals surface area contributed by atoms with E-state index in [-0.39, 0.29) is 0 Å². The van der Waals surface area contributed by atoms with E-state index < -0.39 is 6.10 Å². The molecule has 0 saturated heterocycles. The van der Waals surface area contributed by atoms with Gasteiger partial charge >= 0.3 is 0 Å². The lowest BCUT2D eigenvalue weighted by molar-refractivity contribution is 0.170. The van der Waals surface area contributed by atoms with Crippen molar-refractivity contribution in [2.45, 2.75) is 39.8 Å². The summed E-state index contributed by atoms with van der Waals surface area (Å²) in [5.74, 6) is 0. The molecule has 0 saturated carbocycles. The average molecular weight is 248 g/mol. The molecular weight excluding hydrogens is 228 g/mol. The predicted octanol–water partition coefficient (Wildman–Crippen LogP) is 1.53. The molecule has 0 amide bonds. The summed E-state index contributed by atoms with van der Waals surface area (Å²) in [4.78, 5) is 0. The van der Waals surface area contributed by atoms with Crippen LogP contribution in [0.3, 0.4) is 0 Å². The van der Waals surface area contributed by atoms with E-state index in [0.29, 0.717) is 6.42 Å². The van der Waals surface area contributed by atoms with Gasteiger partial charge in [0.15, 0.2) is 0 Å². The molecule has 0 radical (unpaired) electrons. The highest BCUT2D eigenvalue weighted by Gasteiger charge is 2.15. The van der Waals surface area contributed by atoms with Crippen LogP contribution in [0.1, 0.15) is 35.8 Å². The van der Waals surface area contributed by atoms with Crippen LogP contribution in [0.2, 0.25) is 0 Å².